The van der Waals surface area contributed by atoms with Crippen molar-refractivity contribution in [2.75, 3.05) is 5.32 Å². The van der Waals surface area contributed by atoms with Gasteiger partial charge in [-0.1, -0.05) is 34.1 Å². The number of nitrogens with one attached hydrogen (secondary N) is 2. The minimum absolute atomic E-state index is 0.123. The lowest BCUT2D eigenvalue weighted by atomic mass is 10.3. The molecule has 0 bridgehead atoms. The molecule has 0 heterocycles. The number of hydrogen-bond donors (Lipinski definition) is 2. The predicted octanol–water partition coefficient (Wildman–Crippen LogP) is 2.75. The van der Waals surface area contributed by atoms with Gasteiger partial charge in [0.05, 0.1) is 10.9 Å². The van der Waals surface area contributed by atoms with Crippen molar-refractivity contribution in [1.82, 2.24) is 4.72 Å². The minimum Gasteiger partial charge on any atom is -0.325 e. The Kier molecular flexibility index (Phi) is 5.33. The fraction of sp³-hybridized carbons (Fsp3) is 0.133. The molecule has 0 aliphatic carbocycles. The summed E-state index contributed by atoms with van der Waals surface area (Å²) < 4.78 is 27.5. The largest absolute Gasteiger partial charge is 0.325 e. The molecule has 7 heteroatoms. The summed E-state index contributed by atoms with van der Waals surface area (Å²) in [4.78, 5) is 12.2. The van der Waals surface area contributed by atoms with Crippen molar-refractivity contribution in [3.05, 3.63) is 59.1 Å². The van der Waals surface area contributed by atoms with E-state index in [9.17, 15) is 13.2 Å². The Morgan fingerprint density at radius 3 is 2.23 bits per heavy atom. The monoisotopic (exact) mass is 382 g/mol. The first-order valence-corrected chi connectivity index (χ1v) is 8.80. The van der Waals surface area contributed by atoms with Gasteiger partial charge < -0.3 is 5.32 Å². The van der Waals surface area contributed by atoms with E-state index in [1.54, 1.807) is 42.5 Å². The molecule has 0 spiro atoms. The van der Waals surface area contributed by atoms with Gasteiger partial charge in [0, 0.05) is 10.2 Å². The van der Waals surface area contributed by atoms with E-state index >= 15 is 0 Å². The molecule has 0 fully saturated rings. The Labute approximate surface area is 137 Å². The molecule has 0 aliphatic rings. The molecule has 1 amide bonds. The van der Waals surface area contributed by atoms with Gasteiger partial charge in [-0.15, -0.1) is 0 Å². The first-order chi connectivity index (χ1) is 10.4. The van der Waals surface area contributed by atoms with Crippen LogP contribution in [0.5, 0.6) is 0 Å². The second-order valence-electron chi connectivity index (χ2n) is 4.65. The number of benzene rings is 2. The van der Waals surface area contributed by atoms with Crippen LogP contribution in [-0.4, -0.2) is 20.4 Å². The highest BCUT2D eigenvalue weighted by molar-refractivity contribution is 9.10. The highest BCUT2D eigenvalue weighted by atomic mass is 79.9. The minimum atomic E-state index is -3.72. The predicted molar refractivity (Wildman–Crippen MR) is 89.0 cm³/mol. The standard InChI is InChI=1S/C15H15BrN2O3S/c1-11(15(19)17-13-9-7-12(16)8-10-13)18-22(20,21)14-5-3-2-4-6-14/h2-11,18H,1H3,(H,17,19). The average Bonchev–Trinajstić information content (AvgIpc) is 2.50. The molecule has 2 rings (SSSR count). The van der Waals surface area contributed by atoms with Crippen molar-refractivity contribution < 1.29 is 13.2 Å². The third kappa shape index (κ3) is 4.40. The number of rotatable bonds is 5. The lowest BCUT2D eigenvalue weighted by Crippen LogP contribution is -2.41. The van der Waals surface area contributed by atoms with Crippen molar-refractivity contribution >= 4 is 37.5 Å². The number of sulfonamides is 1. The molecule has 22 heavy (non-hydrogen) atoms. The molecule has 116 valence electrons. The number of hydrogen-bond acceptors (Lipinski definition) is 3. The van der Waals surface area contributed by atoms with Crippen LogP contribution in [0, 0.1) is 0 Å². The Balaban J connectivity index is 2.04. The molecule has 2 aromatic rings. The smallest absolute Gasteiger partial charge is 0.242 e. The second kappa shape index (κ2) is 7.04. The molecule has 2 N–H and O–H groups in total. The van der Waals surface area contributed by atoms with Crippen LogP contribution in [0.4, 0.5) is 5.69 Å². The van der Waals surface area contributed by atoms with Crippen LogP contribution in [0.3, 0.4) is 0 Å². The maximum Gasteiger partial charge on any atom is 0.242 e. The van der Waals surface area contributed by atoms with E-state index in [1.165, 1.54) is 19.1 Å². The van der Waals surface area contributed by atoms with Gasteiger partial charge in [0.1, 0.15) is 0 Å². The van der Waals surface area contributed by atoms with E-state index in [4.69, 9.17) is 0 Å². The van der Waals surface area contributed by atoms with Crippen molar-refractivity contribution in [2.45, 2.75) is 17.9 Å². The summed E-state index contributed by atoms with van der Waals surface area (Å²) in [7, 11) is -3.72. The molecule has 1 unspecified atom stereocenters. The summed E-state index contributed by atoms with van der Waals surface area (Å²) in [6.07, 6.45) is 0. The van der Waals surface area contributed by atoms with Crippen molar-refractivity contribution in [3.8, 4) is 0 Å². The van der Waals surface area contributed by atoms with Gasteiger partial charge in [0.2, 0.25) is 15.9 Å². The highest BCUT2D eigenvalue weighted by Crippen LogP contribution is 2.14. The topological polar surface area (TPSA) is 75.3 Å². The van der Waals surface area contributed by atoms with Gasteiger partial charge in [-0.3, -0.25) is 4.79 Å². The van der Waals surface area contributed by atoms with Crippen LogP contribution in [0.1, 0.15) is 6.92 Å². The molecule has 5 nitrogen and oxygen atoms in total. The van der Waals surface area contributed by atoms with Crippen molar-refractivity contribution in [2.24, 2.45) is 0 Å². The SMILES string of the molecule is CC(NS(=O)(=O)c1ccccc1)C(=O)Nc1ccc(Br)cc1. The Hall–Kier alpha value is -1.70. The molecule has 0 saturated carbocycles. The molecule has 1 atom stereocenters. The van der Waals surface area contributed by atoms with E-state index in [-0.39, 0.29) is 4.90 Å². The summed E-state index contributed by atoms with van der Waals surface area (Å²) in [5.41, 5.74) is 0.596. The maximum atomic E-state index is 12.1. The van der Waals surface area contributed by atoms with Gasteiger partial charge in [0.15, 0.2) is 0 Å². The molecular formula is C15H15BrN2O3S. The van der Waals surface area contributed by atoms with Gasteiger partial charge in [-0.05, 0) is 43.3 Å². The van der Waals surface area contributed by atoms with Crippen LogP contribution >= 0.6 is 15.9 Å². The summed E-state index contributed by atoms with van der Waals surface area (Å²) in [5.74, 6) is -0.429. The summed E-state index contributed by atoms with van der Waals surface area (Å²) in [5, 5.41) is 2.66. The fourth-order valence-electron chi connectivity index (χ4n) is 1.74. The number of carbonyl (C=O) groups is 1. The molecule has 2 aromatic carbocycles. The van der Waals surface area contributed by atoms with E-state index in [0.29, 0.717) is 5.69 Å². The third-order valence-corrected chi connectivity index (χ3v) is 4.98. The normalized spacial score (nSPS) is 12.6. The zero-order valence-corrected chi connectivity index (χ0v) is 14.2. The molecular weight excluding hydrogens is 368 g/mol. The zero-order chi connectivity index (χ0) is 16.2. The molecule has 0 radical (unpaired) electrons. The van der Waals surface area contributed by atoms with E-state index in [2.05, 4.69) is 26.0 Å². The molecule has 0 aliphatic heterocycles. The second-order valence-corrected chi connectivity index (χ2v) is 7.28. The lowest BCUT2D eigenvalue weighted by Gasteiger charge is -2.14. The van der Waals surface area contributed by atoms with Gasteiger partial charge in [-0.25, -0.2) is 8.42 Å². The summed E-state index contributed by atoms with van der Waals surface area (Å²) >= 11 is 3.30. The van der Waals surface area contributed by atoms with Crippen LogP contribution in [-0.2, 0) is 14.8 Å². The fourth-order valence-corrected chi connectivity index (χ4v) is 3.23. The highest BCUT2D eigenvalue weighted by Gasteiger charge is 2.21. The van der Waals surface area contributed by atoms with Gasteiger partial charge >= 0.3 is 0 Å². The number of amides is 1. The Morgan fingerprint density at radius 1 is 1.05 bits per heavy atom. The van der Waals surface area contributed by atoms with E-state index in [0.717, 1.165) is 4.47 Å². The summed E-state index contributed by atoms with van der Waals surface area (Å²) in [6.45, 7) is 1.49. The van der Waals surface area contributed by atoms with Crippen LogP contribution in [0.25, 0.3) is 0 Å². The quantitative estimate of drug-likeness (QED) is 0.834. The zero-order valence-electron chi connectivity index (χ0n) is 11.8. The number of halogens is 1. The van der Waals surface area contributed by atoms with Gasteiger partial charge in [0.25, 0.3) is 0 Å². The molecule has 0 saturated heterocycles. The third-order valence-electron chi connectivity index (χ3n) is 2.89. The summed E-state index contributed by atoms with van der Waals surface area (Å²) in [6, 6.07) is 14.0. The number of anilines is 1. The Bertz CT molecular complexity index is 746. The van der Waals surface area contributed by atoms with Crippen LogP contribution in [0.2, 0.25) is 0 Å². The molecule has 0 aromatic heterocycles. The van der Waals surface area contributed by atoms with Crippen LogP contribution < -0.4 is 10.0 Å². The Morgan fingerprint density at radius 2 is 1.64 bits per heavy atom. The first kappa shape index (κ1) is 16.7. The number of carbonyl (C=O) groups excluding carboxylic acids is 1. The van der Waals surface area contributed by atoms with Crippen molar-refractivity contribution in [3.63, 3.8) is 0 Å². The van der Waals surface area contributed by atoms with Crippen LogP contribution in [0.15, 0.2) is 64.0 Å². The van der Waals surface area contributed by atoms with E-state index < -0.39 is 22.0 Å². The van der Waals surface area contributed by atoms with E-state index in [1.807, 2.05) is 0 Å². The average molecular weight is 383 g/mol. The lowest BCUT2D eigenvalue weighted by molar-refractivity contribution is -0.117. The maximum absolute atomic E-state index is 12.1. The van der Waals surface area contributed by atoms with Gasteiger partial charge in [-0.2, -0.15) is 4.72 Å². The van der Waals surface area contributed by atoms with Crippen molar-refractivity contribution in [1.29, 1.82) is 0 Å². The first-order valence-electron chi connectivity index (χ1n) is 6.52.